The Labute approximate surface area is 201 Å². The summed E-state index contributed by atoms with van der Waals surface area (Å²) in [7, 11) is 0. The Hall–Kier alpha value is -1.88. The Morgan fingerprint density at radius 3 is 2.27 bits per heavy atom. The van der Waals surface area contributed by atoms with Crippen LogP contribution in [0.15, 0.2) is 30.3 Å². The standard InChI is InChI=1S/C28H46N2O3/c1-20(2)11-8-12-21(3)26(24-15-9-16-24)22(4)27(32)30-25(28(33)29-17-10-18-31)19-23-13-6-5-7-14-23/h5-7,13-14,20-22,24-26,31H,8-12,15-19H2,1-4H3,(H,29,33)(H,30,32). The molecule has 5 heteroatoms. The van der Waals surface area contributed by atoms with E-state index in [0.29, 0.717) is 43.1 Å². The highest BCUT2D eigenvalue weighted by molar-refractivity contribution is 5.88. The van der Waals surface area contributed by atoms with Crippen LogP contribution in [0.3, 0.4) is 0 Å². The van der Waals surface area contributed by atoms with Crippen LogP contribution >= 0.6 is 0 Å². The molecule has 33 heavy (non-hydrogen) atoms. The van der Waals surface area contributed by atoms with Crippen LogP contribution in [0.25, 0.3) is 0 Å². The summed E-state index contributed by atoms with van der Waals surface area (Å²) in [4.78, 5) is 26.3. The number of hydrogen-bond acceptors (Lipinski definition) is 3. The van der Waals surface area contributed by atoms with Gasteiger partial charge >= 0.3 is 0 Å². The number of carbonyl (C=O) groups excluding carboxylic acids is 2. The summed E-state index contributed by atoms with van der Waals surface area (Å²) in [5.41, 5.74) is 1.02. The van der Waals surface area contributed by atoms with Crippen molar-refractivity contribution in [1.29, 1.82) is 0 Å². The molecule has 2 amide bonds. The molecular weight excluding hydrogens is 412 g/mol. The smallest absolute Gasteiger partial charge is 0.242 e. The van der Waals surface area contributed by atoms with E-state index in [1.165, 1.54) is 32.1 Å². The molecule has 0 aliphatic heterocycles. The summed E-state index contributed by atoms with van der Waals surface area (Å²) in [6, 6.07) is 9.21. The fourth-order valence-electron chi connectivity index (χ4n) is 5.18. The fraction of sp³-hybridized carbons (Fsp3) is 0.714. The average molecular weight is 459 g/mol. The Morgan fingerprint density at radius 1 is 1.00 bits per heavy atom. The van der Waals surface area contributed by atoms with Gasteiger partial charge in [0.25, 0.3) is 0 Å². The lowest BCUT2D eigenvalue weighted by Gasteiger charge is -2.41. The lowest BCUT2D eigenvalue weighted by Crippen LogP contribution is -2.51. The van der Waals surface area contributed by atoms with Crippen LogP contribution in [-0.2, 0) is 16.0 Å². The highest BCUT2D eigenvalue weighted by Crippen LogP contribution is 2.43. The van der Waals surface area contributed by atoms with Gasteiger partial charge in [0.1, 0.15) is 6.04 Å². The van der Waals surface area contributed by atoms with Crippen molar-refractivity contribution in [2.24, 2.45) is 29.6 Å². The van der Waals surface area contributed by atoms with Gasteiger partial charge in [-0.15, -0.1) is 0 Å². The molecule has 0 heterocycles. The maximum absolute atomic E-state index is 13.4. The van der Waals surface area contributed by atoms with Gasteiger partial charge in [0, 0.05) is 25.5 Å². The molecule has 5 nitrogen and oxygen atoms in total. The predicted octanol–water partition coefficient (Wildman–Crippen LogP) is 4.73. The number of nitrogens with one attached hydrogen (secondary N) is 2. The molecule has 1 aliphatic rings. The molecule has 0 aromatic heterocycles. The molecule has 4 atom stereocenters. The topological polar surface area (TPSA) is 78.4 Å². The minimum atomic E-state index is -0.612. The Balaban J connectivity index is 2.07. The molecule has 1 saturated carbocycles. The molecule has 4 unspecified atom stereocenters. The van der Waals surface area contributed by atoms with E-state index in [-0.39, 0.29) is 24.3 Å². The zero-order valence-electron chi connectivity index (χ0n) is 21.2. The van der Waals surface area contributed by atoms with Crippen molar-refractivity contribution in [3.05, 3.63) is 35.9 Å². The van der Waals surface area contributed by atoms with Crippen LogP contribution in [0, 0.1) is 29.6 Å². The van der Waals surface area contributed by atoms with Gasteiger partial charge in [-0.3, -0.25) is 9.59 Å². The molecule has 3 N–H and O–H groups in total. The number of amides is 2. The Kier molecular flexibility index (Phi) is 11.9. The third kappa shape index (κ3) is 9.11. The molecule has 2 rings (SSSR count). The maximum atomic E-state index is 13.4. The number of carbonyl (C=O) groups is 2. The van der Waals surface area contributed by atoms with E-state index in [4.69, 9.17) is 5.11 Å². The largest absolute Gasteiger partial charge is 0.396 e. The minimum Gasteiger partial charge on any atom is -0.396 e. The summed E-state index contributed by atoms with van der Waals surface area (Å²) >= 11 is 0. The van der Waals surface area contributed by atoms with Gasteiger partial charge in [0.05, 0.1) is 0 Å². The van der Waals surface area contributed by atoms with E-state index in [9.17, 15) is 9.59 Å². The van der Waals surface area contributed by atoms with E-state index in [1.54, 1.807) is 0 Å². The van der Waals surface area contributed by atoms with Gasteiger partial charge in [-0.1, -0.05) is 96.6 Å². The average Bonchev–Trinajstić information content (AvgIpc) is 2.75. The monoisotopic (exact) mass is 458 g/mol. The molecule has 0 saturated heterocycles. The van der Waals surface area contributed by atoms with E-state index in [0.717, 1.165) is 12.0 Å². The van der Waals surface area contributed by atoms with Crippen molar-refractivity contribution in [1.82, 2.24) is 10.6 Å². The van der Waals surface area contributed by atoms with Gasteiger partial charge in [-0.25, -0.2) is 0 Å². The second-order valence-electron chi connectivity index (χ2n) is 10.5. The molecule has 1 aromatic rings. The van der Waals surface area contributed by atoms with Crippen LogP contribution in [0.4, 0.5) is 0 Å². The highest BCUT2D eigenvalue weighted by Gasteiger charge is 2.38. The molecule has 0 spiro atoms. The maximum Gasteiger partial charge on any atom is 0.242 e. The van der Waals surface area contributed by atoms with Gasteiger partial charge in [0.15, 0.2) is 0 Å². The molecule has 1 aromatic carbocycles. The third-order valence-corrected chi connectivity index (χ3v) is 7.33. The van der Waals surface area contributed by atoms with Crippen LogP contribution < -0.4 is 10.6 Å². The SMILES string of the molecule is CC(C)CCCC(C)C(C1CCC1)C(C)C(=O)NC(Cc1ccccc1)C(=O)NCCCO. The first-order valence-electron chi connectivity index (χ1n) is 13.1. The number of aliphatic hydroxyl groups is 1. The molecule has 1 fully saturated rings. The fourth-order valence-corrected chi connectivity index (χ4v) is 5.18. The lowest BCUT2D eigenvalue weighted by atomic mass is 9.65. The predicted molar refractivity (Wildman–Crippen MR) is 135 cm³/mol. The van der Waals surface area contributed by atoms with E-state index in [1.807, 2.05) is 30.3 Å². The van der Waals surface area contributed by atoms with Gasteiger partial charge in [-0.2, -0.15) is 0 Å². The van der Waals surface area contributed by atoms with Crippen LogP contribution in [0.5, 0.6) is 0 Å². The van der Waals surface area contributed by atoms with Crippen LogP contribution in [-0.4, -0.2) is 36.1 Å². The zero-order valence-corrected chi connectivity index (χ0v) is 21.2. The van der Waals surface area contributed by atoms with Crippen LogP contribution in [0.2, 0.25) is 0 Å². The summed E-state index contributed by atoms with van der Waals surface area (Å²) in [5.74, 6) is 1.88. The second kappa shape index (κ2) is 14.4. The highest BCUT2D eigenvalue weighted by atomic mass is 16.3. The summed E-state index contributed by atoms with van der Waals surface area (Å²) < 4.78 is 0. The normalized spacial score (nSPS) is 17.6. The first-order valence-corrected chi connectivity index (χ1v) is 13.1. The van der Waals surface area contributed by atoms with E-state index in [2.05, 4.69) is 38.3 Å². The molecule has 0 radical (unpaired) electrons. The van der Waals surface area contributed by atoms with Crippen molar-refractivity contribution < 1.29 is 14.7 Å². The summed E-state index contributed by atoms with van der Waals surface area (Å²) in [6.45, 7) is 9.34. The lowest BCUT2D eigenvalue weighted by molar-refractivity contribution is -0.133. The number of benzene rings is 1. The first-order chi connectivity index (χ1) is 15.8. The van der Waals surface area contributed by atoms with Gasteiger partial charge in [0.2, 0.25) is 11.8 Å². The number of rotatable bonds is 15. The van der Waals surface area contributed by atoms with Crippen molar-refractivity contribution >= 4 is 11.8 Å². The van der Waals surface area contributed by atoms with Crippen LogP contribution in [0.1, 0.15) is 78.2 Å². The molecule has 0 bridgehead atoms. The minimum absolute atomic E-state index is 0.0131. The van der Waals surface area contributed by atoms with Crippen molar-refractivity contribution in [3.63, 3.8) is 0 Å². The molecular formula is C28H46N2O3. The summed E-state index contributed by atoms with van der Waals surface area (Å²) in [5, 5.41) is 15.0. The Bertz CT molecular complexity index is 702. The Morgan fingerprint density at radius 2 is 1.70 bits per heavy atom. The van der Waals surface area contributed by atoms with Gasteiger partial charge < -0.3 is 15.7 Å². The van der Waals surface area contributed by atoms with E-state index < -0.39 is 6.04 Å². The third-order valence-electron chi connectivity index (χ3n) is 7.33. The first kappa shape index (κ1) is 27.4. The van der Waals surface area contributed by atoms with Crippen molar-refractivity contribution in [3.8, 4) is 0 Å². The quantitative estimate of drug-likeness (QED) is 0.333. The molecule has 1 aliphatic carbocycles. The molecule has 186 valence electrons. The van der Waals surface area contributed by atoms with E-state index >= 15 is 0 Å². The summed E-state index contributed by atoms with van der Waals surface area (Å²) in [6.07, 6.45) is 8.26. The van der Waals surface area contributed by atoms with Crippen molar-refractivity contribution in [2.45, 2.75) is 85.1 Å². The van der Waals surface area contributed by atoms with Crippen molar-refractivity contribution in [2.75, 3.05) is 13.2 Å². The number of hydrogen-bond donors (Lipinski definition) is 3. The zero-order chi connectivity index (χ0) is 24.2. The number of aliphatic hydroxyl groups excluding tert-OH is 1. The van der Waals surface area contributed by atoms with Gasteiger partial charge in [-0.05, 0) is 35.7 Å². The second-order valence-corrected chi connectivity index (χ2v) is 10.5.